The maximum absolute atomic E-state index is 13.6. The molecule has 1 amide bonds. The number of aryl methyl sites for hydroxylation is 1. The minimum Gasteiger partial charge on any atom is -0.399 e. The van der Waals surface area contributed by atoms with Crippen molar-refractivity contribution in [2.75, 3.05) is 11.1 Å². The van der Waals surface area contributed by atoms with Crippen LogP contribution < -0.4 is 11.1 Å². The maximum Gasteiger partial charge on any atom is 0.231 e. The molecular weight excluding hydrogens is 335 g/mol. The molecule has 1 unspecified atom stereocenters. The molecule has 0 radical (unpaired) electrons. The van der Waals surface area contributed by atoms with Crippen molar-refractivity contribution < 1.29 is 9.18 Å². The number of benzene rings is 2. The van der Waals surface area contributed by atoms with Crippen LogP contribution in [0.4, 0.5) is 15.8 Å². The number of nitrogens with two attached hydrogens (primary N) is 1. The van der Waals surface area contributed by atoms with Gasteiger partial charge < -0.3 is 11.1 Å². The lowest BCUT2D eigenvalue weighted by Crippen LogP contribution is -2.19. The molecule has 3 N–H and O–H groups in total. The van der Waals surface area contributed by atoms with Crippen LogP contribution in [0.15, 0.2) is 40.9 Å². The molecular formula is C16H16BrFN2O. The van der Waals surface area contributed by atoms with E-state index in [1.54, 1.807) is 31.2 Å². The van der Waals surface area contributed by atoms with E-state index in [2.05, 4.69) is 21.2 Å². The van der Waals surface area contributed by atoms with Crippen molar-refractivity contribution in [3.63, 3.8) is 0 Å². The van der Waals surface area contributed by atoms with Crippen LogP contribution in [-0.2, 0) is 4.79 Å². The number of rotatable bonds is 3. The number of halogens is 2. The predicted octanol–water partition coefficient (Wildman–Crippen LogP) is 4.22. The van der Waals surface area contributed by atoms with Crippen molar-refractivity contribution in [2.45, 2.75) is 19.8 Å². The highest BCUT2D eigenvalue weighted by atomic mass is 79.9. The van der Waals surface area contributed by atoms with Crippen LogP contribution in [0.3, 0.4) is 0 Å². The molecule has 2 aromatic carbocycles. The lowest BCUT2D eigenvalue weighted by atomic mass is 9.99. The maximum atomic E-state index is 13.6. The van der Waals surface area contributed by atoms with Crippen LogP contribution in [0.5, 0.6) is 0 Å². The van der Waals surface area contributed by atoms with Gasteiger partial charge in [0, 0.05) is 11.4 Å². The average Bonchev–Trinajstić information content (AvgIpc) is 2.43. The number of nitrogens with one attached hydrogen (secondary N) is 1. The van der Waals surface area contributed by atoms with Gasteiger partial charge in [-0.2, -0.15) is 0 Å². The third-order valence-electron chi connectivity index (χ3n) is 3.33. The molecule has 0 fully saturated rings. The Morgan fingerprint density at radius 2 is 2.05 bits per heavy atom. The third kappa shape index (κ3) is 3.61. The first kappa shape index (κ1) is 15.5. The quantitative estimate of drug-likeness (QED) is 0.814. The summed E-state index contributed by atoms with van der Waals surface area (Å²) >= 11 is 3.12. The first-order valence-corrected chi connectivity index (χ1v) is 7.29. The van der Waals surface area contributed by atoms with Crippen molar-refractivity contribution in [2.24, 2.45) is 0 Å². The minimum atomic E-state index is -0.410. The van der Waals surface area contributed by atoms with Gasteiger partial charge in [0.25, 0.3) is 0 Å². The molecule has 0 heterocycles. The Morgan fingerprint density at radius 1 is 1.33 bits per heavy atom. The monoisotopic (exact) mass is 350 g/mol. The molecule has 5 heteroatoms. The summed E-state index contributed by atoms with van der Waals surface area (Å²) in [5, 5.41) is 2.76. The number of amides is 1. The average molecular weight is 351 g/mol. The van der Waals surface area contributed by atoms with E-state index in [1.165, 1.54) is 6.07 Å². The molecule has 0 aromatic heterocycles. The zero-order valence-corrected chi connectivity index (χ0v) is 13.4. The van der Waals surface area contributed by atoms with E-state index in [-0.39, 0.29) is 11.8 Å². The molecule has 0 aliphatic heterocycles. The molecule has 0 aliphatic carbocycles. The van der Waals surface area contributed by atoms with Crippen molar-refractivity contribution >= 4 is 33.2 Å². The summed E-state index contributed by atoms with van der Waals surface area (Å²) in [7, 11) is 0. The second-order valence-electron chi connectivity index (χ2n) is 4.96. The topological polar surface area (TPSA) is 55.1 Å². The van der Waals surface area contributed by atoms with Crippen LogP contribution in [0.25, 0.3) is 0 Å². The van der Waals surface area contributed by atoms with Crippen molar-refractivity contribution in [3.05, 3.63) is 57.8 Å². The van der Waals surface area contributed by atoms with E-state index < -0.39 is 5.82 Å². The largest absolute Gasteiger partial charge is 0.399 e. The van der Waals surface area contributed by atoms with E-state index in [9.17, 15) is 9.18 Å². The summed E-state index contributed by atoms with van der Waals surface area (Å²) in [5.74, 6) is -0.988. The highest BCUT2D eigenvalue weighted by Gasteiger charge is 2.17. The predicted molar refractivity (Wildman–Crippen MR) is 86.7 cm³/mol. The second-order valence-corrected chi connectivity index (χ2v) is 5.82. The Kier molecular flexibility index (Phi) is 4.63. The Labute approximate surface area is 131 Å². The lowest BCUT2D eigenvalue weighted by molar-refractivity contribution is -0.117. The minimum absolute atomic E-state index is 0.203. The lowest BCUT2D eigenvalue weighted by Gasteiger charge is -2.15. The molecule has 0 saturated carbocycles. The molecule has 0 saturated heterocycles. The Balaban J connectivity index is 2.20. The van der Waals surface area contributed by atoms with Crippen LogP contribution in [0.2, 0.25) is 0 Å². The number of carbonyl (C=O) groups excluding carboxylic acids is 1. The van der Waals surface area contributed by atoms with Crippen molar-refractivity contribution in [1.82, 2.24) is 0 Å². The number of hydrogen-bond donors (Lipinski definition) is 2. The molecule has 1 atom stereocenters. The second kappa shape index (κ2) is 6.26. The summed E-state index contributed by atoms with van der Waals surface area (Å²) < 4.78 is 13.9. The third-order valence-corrected chi connectivity index (χ3v) is 3.94. The van der Waals surface area contributed by atoms with Gasteiger partial charge in [-0.3, -0.25) is 4.79 Å². The van der Waals surface area contributed by atoms with Gasteiger partial charge in [-0.05, 0) is 65.2 Å². The summed E-state index contributed by atoms with van der Waals surface area (Å²) in [6.45, 7) is 3.60. The first-order chi connectivity index (χ1) is 9.88. The molecule has 2 rings (SSSR count). The summed E-state index contributed by atoms with van der Waals surface area (Å²) in [6.07, 6.45) is 0. The van der Waals surface area contributed by atoms with Gasteiger partial charge in [0.1, 0.15) is 5.82 Å². The van der Waals surface area contributed by atoms with Crippen molar-refractivity contribution in [1.29, 1.82) is 0 Å². The smallest absolute Gasteiger partial charge is 0.231 e. The molecule has 21 heavy (non-hydrogen) atoms. The number of hydrogen-bond acceptors (Lipinski definition) is 2. The van der Waals surface area contributed by atoms with Gasteiger partial charge in [-0.1, -0.05) is 12.1 Å². The van der Waals surface area contributed by atoms with Gasteiger partial charge in [0.15, 0.2) is 0 Å². The Hall–Kier alpha value is -1.88. The van der Waals surface area contributed by atoms with E-state index in [0.717, 1.165) is 11.1 Å². The Bertz CT molecular complexity index is 688. The number of carbonyl (C=O) groups is 1. The van der Waals surface area contributed by atoms with Crippen LogP contribution >= 0.6 is 15.9 Å². The first-order valence-electron chi connectivity index (χ1n) is 6.50. The number of anilines is 2. The molecule has 0 aliphatic rings. The zero-order chi connectivity index (χ0) is 15.6. The zero-order valence-electron chi connectivity index (χ0n) is 11.8. The molecule has 0 bridgehead atoms. The fourth-order valence-electron chi connectivity index (χ4n) is 2.00. The SMILES string of the molecule is Cc1cc(Br)c(F)cc1NC(=O)C(C)c1cccc(N)c1. The highest BCUT2D eigenvalue weighted by Crippen LogP contribution is 2.26. The molecule has 0 spiro atoms. The molecule has 110 valence electrons. The van der Waals surface area contributed by atoms with E-state index in [1.807, 2.05) is 13.0 Å². The normalized spacial score (nSPS) is 12.0. The van der Waals surface area contributed by atoms with E-state index in [0.29, 0.717) is 15.8 Å². The highest BCUT2D eigenvalue weighted by molar-refractivity contribution is 9.10. The standard InChI is InChI=1S/C16H16BrFN2O/c1-9-6-13(17)14(18)8-15(9)20-16(21)10(2)11-4-3-5-12(19)7-11/h3-8,10H,19H2,1-2H3,(H,20,21). The van der Waals surface area contributed by atoms with Gasteiger partial charge in [-0.25, -0.2) is 4.39 Å². The fourth-order valence-corrected chi connectivity index (χ4v) is 2.46. The fraction of sp³-hybridized carbons (Fsp3) is 0.188. The van der Waals surface area contributed by atoms with Gasteiger partial charge in [-0.15, -0.1) is 0 Å². The van der Waals surface area contributed by atoms with Crippen LogP contribution in [0.1, 0.15) is 24.0 Å². The van der Waals surface area contributed by atoms with E-state index in [4.69, 9.17) is 5.73 Å². The van der Waals surface area contributed by atoms with Crippen LogP contribution in [0, 0.1) is 12.7 Å². The summed E-state index contributed by atoms with van der Waals surface area (Å²) in [4.78, 5) is 12.3. The van der Waals surface area contributed by atoms with Crippen molar-refractivity contribution in [3.8, 4) is 0 Å². The van der Waals surface area contributed by atoms with Gasteiger partial charge in [0.2, 0.25) is 5.91 Å². The van der Waals surface area contributed by atoms with Gasteiger partial charge in [0.05, 0.1) is 10.4 Å². The van der Waals surface area contributed by atoms with E-state index >= 15 is 0 Å². The molecule has 2 aromatic rings. The Morgan fingerprint density at radius 3 is 2.71 bits per heavy atom. The van der Waals surface area contributed by atoms with Crippen LogP contribution in [-0.4, -0.2) is 5.91 Å². The summed E-state index contributed by atoms with van der Waals surface area (Å²) in [6, 6.07) is 10.1. The molecule has 3 nitrogen and oxygen atoms in total. The number of nitrogen functional groups attached to an aromatic ring is 1. The van der Waals surface area contributed by atoms with Gasteiger partial charge >= 0.3 is 0 Å². The summed E-state index contributed by atoms with van der Waals surface area (Å²) in [5.41, 5.74) is 8.41.